The molecule has 7 nitrogen and oxygen atoms in total. The summed E-state index contributed by atoms with van der Waals surface area (Å²) in [6.45, 7) is 0. The Hall–Kier alpha value is -2.48. The van der Waals surface area contributed by atoms with Crippen LogP contribution >= 0.6 is 11.3 Å². The number of imide groups is 1. The van der Waals surface area contributed by atoms with Gasteiger partial charge in [0.25, 0.3) is 5.91 Å². The number of aromatic nitrogens is 1. The third-order valence-electron chi connectivity index (χ3n) is 2.79. The Bertz CT molecular complexity index is 679. The highest BCUT2D eigenvalue weighted by molar-refractivity contribution is 7.22. The van der Waals surface area contributed by atoms with E-state index in [-0.39, 0.29) is 12.3 Å². The van der Waals surface area contributed by atoms with Gasteiger partial charge in [-0.3, -0.25) is 14.9 Å². The summed E-state index contributed by atoms with van der Waals surface area (Å²) >= 11 is 1.35. The molecule has 1 unspecified atom stereocenters. The van der Waals surface area contributed by atoms with Crippen molar-refractivity contribution in [3.63, 3.8) is 0 Å². The Morgan fingerprint density at radius 1 is 1.35 bits per heavy atom. The average molecular weight is 290 g/mol. The Morgan fingerprint density at radius 2 is 2.15 bits per heavy atom. The number of thiazole rings is 1. The van der Waals surface area contributed by atoms with Crippen LogP contribution in [0.5, 0.6) is 0 Å². The maximum Gasteiger partial charge on any atom is 0.322 e. The van der Waals surface area contributed by atoms with E-state index in [2.05, 4.69) is 20.9 Å². The third kappa shape index (κ3) is 2.45. The Balaban J connectivity index is 1.66. The molecule has 1 saturated heterocycles. The molecule has 0 bridgehead atoms. The number of amides is 4. The van der Waals surface area contributed by atoms with Gasteiger partial charge < -0.3 is 10.6 Å². The summed E-state index contributed by atoms with van der Waals surface area (Å²) < 4.78 is 0.967. The van der Waals surface area contributed by atoms with Crippen LogP contribution in [0.3, 0.4) is 0 Å². The van der Waals surface area contributed by atoms with Gasteiger partial charge in [-0.2, -0.15) is 0 Å². The molecule has 102 valence electrons. The van der Waals surface area contributed by atoms with Crippen LogP contribution in [0.2, 0.25) is 0 Å². The fourth-order valence-electron chi connectivity index (χ4n) is 1.88. The summed E-state index contributed by atoms with van der Waals surface area (Å²) in [6, 6.07) is 6.13. The maximum absolute atomic E-state index is 11.8. The van der Waals surface area contributed by atoms with Gasteiger partial charge in [-0.25, -0.2) is 9.78 Å². The molecule has 2 aromatic rings. The SMILES string of the molecule is O=C(CC1NC(=O)NC1=O)Nc1nc2ccccc2s1. The molecule has 1 atom stereocenters. The number of rotatable bonds is 3. The third-order valence-corrected chi connectivity index (χ3v) is 3.74. The fourth-order valence-corrected chi connectivity index (χ4v) is 2.77. The average Bonchev–Trinajstić information content (AvgIpc) is 2.92. The predicted molar refractivity (Wildman–Crippen MR) is 73.3 cm³/mol. The molecule has 1 aliphatic rings. The van der Waals surface area contributed by atoms with Gasteiger partial charge in [-0.05, 0) is 12.1 Å². The standard InChI is InChI=1S/C12H10N4O3S/c17-9(5-7-10(18)16-11(19)13-7)15-12-14-6-3-1-2-4-8(6)20-12/h1-4,7H,5H2,(H,14,15,17)(H2,13,16,18,19). The van der Waals surface area contributed by atoms with Crippen molar-refractivity contribution in [2.45, 2.75) is 12.5 Å². The van der Waals surface area contributed by atoms with Crippen molar-refractivity contribution in [1.29, 1.82) is 0 Å². The first kappa shape index (κ1) is 12.5. The lowest BCUT2D eigenvalue weighted by atomic mass is 10.2. The molecule has 1 aromatic carbocycles. The van der Waals surface area contributed by atoms with Crippen molar-refractivity contribution in [2.75, 3.05) is 5.32 Å². The molecule has 0 spiro atoms. The number of hydrogen-bond acceptors (Lipinski definition) is 5. The van der Waals surface area contributed by atoms with Crippen LogP contribution in [-0.2, 0) is 9.59 Å². The van der Waals surface area contributed by atoms with E-state index < -0.39 is 18.0 Å². The molecular formula is C12H10N4O3S. The summed E-state index contributed by atoms with van der Waals surface area (Å²) in [7, 11) is 0. The first-order chi connectivity index (χ1) is 9.61. The molecule has 20 heavy (non-hydrogen) atoms. The summed E-state index contributed by atoms with van der Waals surface area (Å²) in [5.41, 5.74) is 0.805. The summed E-state index contributed by atoms with van der Waals surface area (Å²) in [5, 5.41) is 7.55. The lowest BCUT2D eigenvalue weighted by Gasteiger charge is -2.05. The molecule has 4 amide bonds. The van der Waals surface area contributed by atoms with Gasteiger partial charge in [-0.1, -0.05) is 23.5 Å². The van der Waals surface area contributed by atoms with E-state index in [9.17, 15) is 14.4 Å². The minimum atomic E-state index is -0.822. The van der Waals surface area contributed by atoms with E-state index in [1.54, 1.807) is 0 Å². The van der Waals surface area contributed by atoms with E-state index in [0.29, 0.717) is 5.13 Å². The number of anilines is 1. The highest BCUT2D eigenvalue weighted by Crippen LogP contribution is 2.25. The minimum Gasteiger partial charge on any atom is -0.325 e. The highest BCUT2D eigenvalue weighted by Gasteiger charge is 2.31. The second-order valence-electron chi connectivity index (χ2n) is 4.25. The molecule has 3 N–H and O–H groups in total. The van der Waals surface area contributed by atoms with E-state index in [1.807, 2.05) is 24.3 Å². The number of hydrogen-bond donors (Lipinski definition) is 3. The van der Waals surface area contributed by atoms with Crippen LogP contribution in [-0.4, -0.2) is 28.9 Å². The molecule has 1 fully saturated rings. The van der Waals surface area contributed by atoms with Crippen LogP contribution in [0.15, 0.2) is 24.3 Å². The predicted octanol–water partition coefficient (Wildman–Crippen LogP) is 0.833. The molecule has 3 rings (SSSR count). The lowest BCUT2D eigenvalue weighted by Crippen LogP contribution is -2.33. The van der Waals surface area contributed by atoms with Crippen molar-refractivity contribution in [1.82, 2.24) is 15.6 Å². The smallest absolute Gasteiger partial charge is 0.322 e. The second-order valence-corrected chi connectivity index (χ2v) is 5.28. The monoisotopic (exact) mass is 290 g/mol. The van der Waals surface area contributed by atoms with Gasteiger partial charge in [0, 0.05) is 0 Å². The molecule has 2 heterocycles. The summed E-state index contributed by atoms with van der Waals surface area (Å²) in [6.07, 6.45) is -0.118. The maximum atomic E-state index is 11.8. The van der Waals surface area contributed by atoms with E-state index >= 15 is 0 Å². The van der Waals surface area contributed by atoms with Crippen molar-refractivity contribution in [2.24, 2.45) is 0 Å². The Labute approximate surface area is 117 Å². The molecule has 0 aliphatic carbocycles. The highest BCUT2D eigenvalue weighted by atomic mass is 32.1. The number of carbonyl (C=O) groups excluding carboxylic acids is 3. The van der Waals surface area contributed by atoms with Crippen LogP contribution < -0.4 is 16.0 Å². The zero-order valence-corrected chi connectivity index (χ0v) is 11.0. The molecule has 0 saturated carbocycles. The van der Waals surface area contributed by atoms with Crippen LogP contribution in [0.4, 0.5) is 9.93 Å². The first-order valence-electron chi connectivity index (χ1n) is 5.88. The topological polar surface area (TPSA) is 100 Å². The fraction of sp³-hybridized carbons (Fsp3) is 0.167. The molecule has 1 aliphatic heterocycles. The lowest BCUT2D eigenvalue weighted by molar-refractivity contribution is -0.124. The number of para-hydroxylation sites is 1. The van der Waals surface area contributed by atoms with Crippen LogP contribution in [0.25, 0.3) is 10.2 Å². The van der Waals surface area contributed by atoms with E-state index in [1.165, 1.54) is 11.3 Å². The van der Waals surface area contributed by atoms with Crippen LogP contribution in [0.1, 0.15) is 6.42 Å². The van der Waals surface area contributed by atoms with E-state index in [0.717, 1.165) is 10.2 Å². The minimum absolute atomic E-state index is 0.118. The number of urea groups is 1. The van der Waals surface area contributed by atoms with Gasteiger partial charge >= 0.3 is 6.03 Å². The van der Waals surface area contributed by atoms with E-state index in [4.69, 9.17) is 0 Å². The van der Waals surface area contributed by atoms with Gasteiger partial charge in [-0.15, -0.1) is 0 Å². The zero-order valence-electron chi connectivity index (χ0n) is 10.2. The number of fused-ring (bicyclic) bond motifs is 1. The number of benzene rings is 1. The number of carbonyl (C=O) groups is 3. The largest absolute Gasteiger partial charge is 0.325 e. The molecular weight excluding hydrogens is 280 g/mol. The Morgan fingerprint density at radius 3 is 2.85 bits per heavy atom. The first-order valence-corrected chi connectivity index (χ1v) is 6.70. The van der Waals surface area contributed by atoms with Crippen LogP contribution in [0, 0.1) is 0 Å². The molecule has 1 aromatic heterocycles. The Kier molecular flexibility index (Phi) is 3.07. The number of nitrogens with zero attached hydrogens (tertiary/aromatic N) is 1. The molecule has 0 radical (unpaired) electrons. The zero-order chi connectivity index (χ0) is 14.1. The van der Waals surface area contributed by atoms with Gasteiger partial charge in [0.15, 0.2) is 5.13 Å². The van der Waals surface area contributed by atoms with Crippen molar-refractivity contribution < 1.29 is 14.4 Å². The van der Waals surface area contributed by atoms with Crippen molar-refractivity contribution >= 4 is 44.5 Å². The quantitative estimate of drug-likeness (QED) is 0.729. The second kappa shape index (κ2) is 4.89. The summed E-state index contributed by atoms with van der Waals surface area (Å²) in [4.78, 5) is 38.3. The number of nitrogens with one attached hydrogen (secondary N) is 3. The van der Waals surface area contributed by atoms with Crippen molar-refractivity contribution in [3.8, 4) is 0 Å². The van der Waals surface area contributed by atoms with Crippen molar-refractivity contribution in [3.05, 3.63) is 24.3 Å². The summed E-state index contributed by atoms with van der Waals surface area (Å²) in [5.74, 6) is -0.860. The van der Waals surface area contributed by atoms with Gasteiger partial charge in [0.2, 0.25) is 5.91 Å². The van der Waals surface area contributed by atoms with Gasteiger partial charge in [0.1, 0.15) is 6.04 Å². The molecule has 8 heteroatoms. The van der Waals surface area contributed by atoms with Gasteiger partial charge in [0.05, 0.1) is 16.6 Å². The normalized spacial score (nSPS) is 17.9.